The Labute approximate surface area is 112 Å². The Morgan fingerprint density at radius 2 is 2.21 bits per heavy atom. The first kappa shape index (κ1) is 13.8. The third-order valence-corrected chi connectivity index (χ3v) is 3.79. The van der Waals surface area contributed by atoms with Crippen molar-refractivity contribution < 1.29 is 4.79 Å². The molecule has 0 aromatic carbocycles. The number of hydrogen-bond donors (Lipinski definition) is 3. The Kier molecular flexibility index (Phi) is 4.37. The fourth-order valence-corrected chi connectivity index (χ4v) is 2.56. The zero-order valence-electron chi connectivity index (χ0n) is 11.2. The van der Waals surface area contributed by atoms with Crippen molar-refractivity contribution in [2.24, 2.45) is 11.7 Å². The molecular weight excluding hydrogens is 242 g/mol. The molecule has 4 N–H and O–H groups in total. The van der Waals surface area contributed by atoms with Crippen molar-refractivity contribution in [3.05, 3.63) is 33.7 Å². The molecule has 19 heavy (non-hydrogen) atoms. The third kappa shape index (κ3) is 3.44. The SMILES string of the molecule is Cc1cc(=O)c(C(=O)NCC2CCCCC2N)c[nH]1. The van der Waals surface area contributed by atoms with Crippen LogP contribution in [0.4, 0.5) is 0 Å². The van der Waals surface area contributed by atoms with Gasteiger partial charge < -0.3 is 16.0 Å². The minimum Gasteiger partial charge on any atom is -0.364 e. The second kappa shape index (κ2) is 6.02. The standard InChI is InChI=1S/C14H21N3O2/c1-9-6-13(18)11(8-16-9)14(19)17-7-10-4-2-3-5-12(10)15/h6,8,10,12H,2-5,7,15H2,1H3,(H,16,18)(H,17,19). The minimum atomic E-state index is -0.320. The van der Waals surface area contributed by atoms with Crippen molar-refractivity contribution in [1.29, 1.82) is 0 Å². The number of hydrogen-bond acceptors (Lipinski definition) is 3. The monoisotopic (exact) mass is 263 g/mol. The van der Waals surface area contributed by atoms with Crippen molar-refractivity contribution in [3.63, 3.8) is 0 Å². The summed E-state index contributed by atoms with van der Waals surface area (Å²) in [5.74, 6) is 0.00116. The molecule has 1 heterocycles. The first-order valence-electron chi connectivity index (χ1n) is 6.81. The maximum Gasteiger partial charge on any atom is 0.256 e. The molecule has 0 saturated heterocycles. The molecule has 5 heteroatoms. The fraction of sp³-hybridized carbons (Fsp3) is 0.571. The number of H-pyrrole nitrogens is 1. The first-order valence-corrected chi connectivity index (χ1v) is 6.81. The summed E-state index contributed by atoms with van der Waals surface area (Å²) in [6.45, 7) is 2.33. The Morgan fingerprint density at radius 3 is 2.89 bits per heavy atom. The van der Waals surface area contributed by atoms with Crippen LogP contribution in [-0.2, 0) is 0 Å². The number of aromatic amines is 1. The highest BCUT2D eigenvalue weighted by Gasteiger charge is 2.22. The lowest BCUT2D eigenvalue weighted by molar-refractivity contribution is 0.0940. The van der Waals surface area contributed by atoms with Crippen LogP contribution in [-0.4, -0.2) is 23.5 Å². The highest BCUT2D eigenvalue weighted by atomic mass is 16.2. The van der Waals surface area contributed by atoms with Gasteiger partial charge in [-0.05, 0) is 25.7 Å². The molecule has 1 saturated carbocycles. The van der Waals surface area contributed by atoms with Crippen LogP contribution in [0.25, 0.3) is 0 Å². The van der Waals surface area contributed by atoms with Crippen LogP contribution < -0.4 is 16.5 Å². The summed E-state index contributed by atoms with van der Waals surface area (Å²) in [7, 11) is 0. The molecule has 104 valence electrons. The lowest BCUT2D eigenvalue weighted by Gasteiger charge is -2.28. The van der Waals surface area contributed by atoms with Gasteiger partial charge >= 0.3 is 0 Å². The van der Waals surface area contributed by atoms with E-state index in [-0.39, 0.29) is 22.9 Å². The molecule has 0 bridgehead atoms. The third-order valence-electron chi connectivity index (χ3n) is 3.79. The molecule has 1 aromatic heterocycles. The Hall–Kier alpha value is -1.62. The molecule has 2 unspecified atom stereocenters. The largest absolute Gasteiger partial charge is 0.364 e. The van der Waals surface area contributed by atoms with Crippen LogP contribution in [0, 0.1) is 12.8 Å². The summed E-state index contributed by atoms with van der Waals surface area (Å²) in [5.41, 5.74) is 6.69. The van der Waals surface area contributed by atoms with E-state index in [1.165, 1.54) is 25.1 Å². The molecule has 0 aliphatic heterocycles. The van der Waals surface area contributed by atoms with Gasteiger partial charge in [-0.15, -0.1) is 0 Å². The van der Waals surface area contributed by atoms with Gasteiger partial charge in [0.2, 0.25) is 0 Å². The summed E-state index contributed by atoms with van der Waals surface area (Å²) < 4.78 is 0. The highest BCUT2D eigenvalue weighted by molar-refractivity contribution is 5.93. The molecule has 1 aromatic rings. The highest BCUT2D eigenvalue weighted by Crippen LogP contribution is 2.22. The predicted octanol–water partition coefficient (Wildman–Crippen LogP) is 0.931. The van der Waals surface area contributed by atoms with Crippen molar-refractivity contribution in [3.8, 4) is 0 Å². The van der Waals surface area contributed by atoms with Gasteiger partial charge in [0.05, 0.1) is 0 Å². The lowest BCUT2D eigenvalue weighted by atomic mass is 9.85. The number of rotatable bonds is 3. The van der Waals surface area contributed by atoms with Gasteiger partial charge in [-0.3, -0.25) is 9.59 Å². The van der Waals surface area contributed by atoms with E-state index in [0.29, 0.717) is 12.5 Å². The quantitative estimate of drug-likeness (QED) is 0.758. The lowest BCUT2D eigenvalue weighted by Crippen LogP contribution is -2.41. The summed E-state index contributed by atoms with van der Waals surface area (Å²) in [5, 5.41) is 2.82. The van der Waals surface area contributed by atoms with E-state index < -0.39 is 0 Å². The van der Waals surface area contributed by atoms with Gasteiger partial charge in [0.25, 0.3) is 5.91 Å². The van der Waals surface area contributed by atoms with E-state index in [1.807, 2.05) is 0 Å². The van der Waals surface area contributed by atoms with Crippen LogP contribution in [0.2, 0.25) is 0 Å². The maximum atomic E-state index is 12.0. The summed E-state index contributed by atoms with van der Waals surface area (Å²) in [6, 6.07) is 1.59. The minimum absolute atomic E-state index is 0.158. The normalized spacial score (nSPS) is 23.1. The average Bonchev–Trinajstić information content (AvgIpc) is 2.37. The van der Waals surface area contributed by atoms with Crippen molar-refractivity contribution in [2.75, 3.05) is 6.54 Å². The molecule has 1 amide bonds. The van der Waals surface area contributed by atoms with Gasteiger partial charge in [-0.2, -0.15) is 0 Å². The number of amides is 1. The number of carbonyl (C=O) groups excluding carboxylic acids is 1. The maximum absolute atomic E-state index is 12.0. The van der Waals surface area contributed by atoms with E-state index in [0.717, 1.165) is 18.5 Å². The number of aryl methyl sites for hydroxylation is 1. The van der Waals surface area contributed by atoms with Gasteiger partial charge in [0.1, 0.15) is 5.56 Å². The molecule has 0 spiro atoms. The molecule has 2 atom stereocenters. The van der Waals surface area contributed by atoms with E-state index in [4.69, 9.17) is 5.73 Å². The molecule has 1 aliphatic carbocycles. The van der Waals surface area contributed by atoms with E-state index in [2.05, 4.69) is 10.3 Å². The Bertz CT molecular complexity index is 510. The van der Waals surface area contributed by atoms with Gasteiger partial charge in [-0.1, -0.05) is 12.8 Å². The van der Waals surface area contributed by atoms with E-state index >= 15 is 0 Å². The summed E-state index contributed by atoms with van der Waals surface area (Å²) in [4.78, 5) is 26.5. The van der Waals surface area contributed by atoms with Crippen molar-refractivity contribution >= 4 is 5.91 Å². The zero-order chi connectivity index (χ0) is 13.8. The van der Waals surface area contributed by atoms with Crippen molar-refractivity contribution in [2.45, 2.75) is 38.6 Å². The molecule has 0 radical (unpaired) electrons. The predicted molar refractivity (Wildman–Crippen MR) is 74.1 cm³/mol. The zero-order valence-corrected chi connectivity index (χ0v) is 11.2. The van der Waals surface area contributed by atoms with Crippen LogP contribution in [0.5, 0.6) is 0 Å². The number of aromatic nitrogens is 1. The van der Waals surface area contributed by atoms with Gasteiger partial charge in [0, 0.05) is 30.5 Å². The second-order valence-electron chi connectivity index (χ2n) is 5.31. The Morgan fingerprint density at radius 1 is 1.47 bits per heavy atom. The number of carbonyl (C=O) groups is 1. The fourth-order valence-electron chi connectivity index (χ4n) is 2.56. The smallest absolute Gasteiger partial charge is 0.256 e. The summed E-state index contributed by atoms with van der Waals surface area (Å²) in [6.07, 6.45) is 5.87. The molecule has 1 fully saturated rings. The number of pyridine rings is 1. The van der Waals surface area contributed by atoms with E-state index in [1.54, 1.807) is 6.92 Å². The first-order chi connectivity index (χ1) is 9.08. The second-order valence-corrected chi connectivity index (χ2v) is 5.31. The summed E-state index contributed by atoms with van der Waals surface area (Å²) >= 11 is 0. The van der Waals surface area contributed by atoms with Gasteiger partial charge in [-0.25, -0.2) is 0 Å². The molecule has 1 aliphatic rings. The van der Waals surface area contributed by atoms with E-state index in [9.17, 15) is 9.59 Å². The van der Waals surface area contributed by atoms with Crippen LogP contribution >= 0.6 is 0 Å². The molecule has 2 rings (SSSR count). The topological polar surface area (TPSA) is 88.0 Å². The van der Waals surface area contributed by atoms with Gasteiger partial charge in [0.15, 0.2) is 5.43 Å². The molecule has 5 nitrogen and oxygen atoms in total. The van der Waals surface area contributed by atoms with Crippen LogP contribution in [0.3, 0.4) is 0 Å². The van der Waals surface area contributed by atoms with Crippen molar-refractivity contribution in [1.82, 2.24) is 10.3 Å². The molecular formula is C14H21N3O2. The Balaban J connectivity index is 1.95. The number of nitrogens with two attached hydrogens (primary N) is 1. The van der Waals surface area contributed by atoms with Crippen LogP contribution in [0.15, 0.2) is 17.1 Å². The average molecular weight is 263 g/mol. The number of nitrogens with one attached hydrogen (secondary N) is 2. The van der Waals surface area contributed by atoms with Crippen LogP contribution in [0.1, 0.15) is 41.7 Å².